The lowest BCUT2D eigenvalue weighted by molar-refractivity contribution is 0.206. The van der Waals surface area contributed by atoms with Crippen LogP contribution in [-0.2, 0) is 12.8 Å². The van der Waals surface area contributed by atoms with E-state index in [1.807, 2.05) is 6.07 Å². The molecule has 23 heavy (non-hydrogen) atoms. The van der Waals surface area contributed by atoms with E-state index in [2.05, 4.69) is 41.5 Å². The van der Waals surface area contributed by atoms with Gasteiger partial charge in [-0.2, -0.15) is 0 Å². The van der Waals surface area contributed by atoms with Gasteiger partial charge in [-0.05, 0) is 62.0 Å². The second-order valence-electron chi connectivity index (χ2n) is 6.13. The van der Waals surface area contributed by atoms with Gasteiger partial charge in [-0.15, -0.1) is 0 Å². The van der Waals surface area contributed by atoms with Crippen molar-refractivity contribution in [1.82, 2.24) is 10.2 Å². The van der Waals surface area contributed by atoms with Crippen LogP contribution in [0, 0.1) is 0 Å². The number of hydrogen-bond acceptors (Lipinski definition) is 3. The Labute approximate surface area is 139 Å². The standard InChI is InChI=1S/C18H29N3O2/c1-3-21(4-2)11-10-17(13-22)20-18(23)19-16-9-8-14-6-5-7-15(14)12-16/h8-9,12,17,22H,3-7,10-11,13H2,1-2H3,(H2,19,20,23). The summed E-state index contributed by atoms with van der Waals surface area (Å²) in [6.45, 7) is 7.03. The number of nitrogens with zero attached hydrogens (tertiary/aromatic N) is 1. The average molecular weight is 319 g/mol. The summed E-state index contributed by atoms with van der Waals surface area (Å²) in [4.78, 5) is 14.4. The third kappa shape index (κ3) is 5.22. The summed E-state index contributed by atoms with van der Waals surface area (Å²) in [6.07, 6.45) is 4.17. The van der Waals surface area contributed by atoms with E-state index in [9.17, 15) is 9.90 Å². The molecular weight excluding hydrogens is 290 g/mol. The van der Waals surface area contributed by atoms with E-state index in [0.29, 0.717) is 0 Å². The monoisotopic (exact) mass is 319 g/mol. The van der Waals surface area contributed by atoms with E-state index < -0.39 is 0 Å². The molecule has 0 aliphatic heterocycles. The summed E-state index contributed by atoms with van der Waals surface area (Å²) in [5.41, 5.74) is 3.55. The lowest BCUT2D eigenvalue weighted by Gasteiger charge is -2.22. The van der Waals surface area contributed by atoms with E-state index in [0.717, 1.165) is 44.6 Å². The summed E-state index contributed by atoms with van der Waals surface area (Å²) in [5, 5.41) is 15.2. The molecule has 0 spiro atoms. The summed E-state index contributed by atoms with van der Waals surface area (Å²) in [7, 11) is 0. The molecular formula is C18H29N3O2. The number of fused-ring (bicyclic) bond motifs is 1. The van der Waals surface area contributed by atoms with Crippen molar-refractivity contribution in [2.24, 2.45) is 0 Å². The largest absolute Gasteiger partial charge is 0.394 e. The van der Waals surface area contributed by atoms with Crippen LogP contribution in [-0.4, -0.2) is 48.3 Å². The van der Waals surface area contributed by atoms with Crippen molar-refractivity contribution < 1.29 is 9.90 Å². The Morgan fingerprint density at radius 2 is 2.00 bits per heavy atom. The Balaban J connectivity index is 1.82. The van der Waals surface area contributed by atoms with Crippen molar-refractivity contribution in [1.29, 1.82) is 0 Å². The van der Waals surface area contributed by atoms with Gasteiger partial charge in [0, 0.05) is 12.2 Å². The highest BCUT2D eigenvalue weighted by Crippen LogP contribution is 2.24. The van der Waals surface area contributed by atoms with Crippen LogP contribution in [0.5, 0.6) is 0 Å². The quantitative estimate of drug-likeness (QED) is 0.689. The SMILES string of the molecule is CCN(CC)CCC(CO)NC(=O)Nc1ccc2c(c1)CCC2. The van der Waals surface area contributed by atoms with E-state index >= 15 is 0 Å². The van der Waals surface area contributed by atoms with Gasteiger partial charge in [0.2, 0.25) is 0 Å². The normalized spacial score (nSPS) is 14.6. The lowest BCUT2D eigenvalue weighted by Crippen LogP contribution is -2.42. The molecule has 0 bridgehead atoms. The fourth-order valence-corrected chi connectivity index (χ4v) is 3.09. The highest BCUT2D eigenvalue weighted by atomic mass is 16.3. The molecule has 1 unspecified atom stereocenters. The topological polar surface area (TPSA) is 64.6 Å². The van der Waals surface area contributed by atoms with Crippen LogP contribution in [0.3, 0.4) is 0 Å². The first-order valence-corrected chi connectivity index (χ1v) is 8.68. The second kappa shape index (κ2) is 8.89. The van der Waals surface area contributed by atoms with Gasteiger partial charge >= 0.3 is 6.03 Å². The predicted molar refractivity (Wildman–Crippen MR) is 93.9 cm³/mol. The summed E-state index contributed by atoms with van der Waals surface area (Å²) < 4.78 is 0. The van der Waals surface area contributed by atoms with Crippen LogP contribution in [0.2, 0.25) is 0 Å². The van der Waals surface area contributed by atoms with Crippen molar-refractivity contribution in [2.75, 3.05) is 31.6 Å². The number of anilines is 1. The molecule has 1 atom stereocenters. The van der Waals surface area contributed by atoms with Gasteiger partial charge < -0.3 is 20.6 Å². The van der Waals surface area contributed by atoms with Crippen molar-refractivity contribution >= 4 is 11.7 Å². The van der Waals surface area contributed by atoms with Crippen molar-refractivity contribution in [2.45, 2.75) is 45.6 Å². The fourth-order valence-electron chi connectivity index (χ4n) is 3.09. The van der Waals surface area contributed by atoms with Crippen molar-refractivity contribution in [3.8, 4) is 0 Å². The molecule has 0 aromatic heterocycles. The number of hydrogen-bond donors (Lipinski definition) is 3. The van der Waals surface area contributed by atoms with Gasteiger partial charge in [0.15, 0.2) is 0 Å². The molecule has 0 fully saturated rings. The maximum Gasteiger partial charge on any atom is 0.319 e. The minimum Gasteiger partial charge on any atom is -0.394 e. The Hall–Kier alpha value is -1.59. The van der Waals surface area contributed by atoms with Crippen LogP contribution < -0.4 is 10.6 Å². The van der Waals surface area contributed by atoms with Gasteiger partial charge in [-0.25, -0.2) is 4.79 Å². The zero-order valence-corrected chi connectivity index (χ0v) is 14.3. The Morgan fingerprint density at radius 3 is 2.70 bits per heavy atom. The first-order chi connectivity index (χ1) is 11.2. The maximum atomic E-state index is 12.1. The van der Waals surface area contributed by atoms with Crippen LogP contribution in [0.25, 0.3) is 0 Å². The smallest absolute Gasteiger partial charge is 0.319 e. The van der Waals surface area contributed by atoms with Crippen LogP contribution in [0.1, 0.15) is 37.8 Å². The van der Waals surface area contributed by atoms with Gasteiger partial charge in [0.1, 0.15) is 0 Å². The van der Waals surface area contributed by atoms with E-state index in [1.54, 1.807) is 0 Å². The van der Waals surface area contributed by atoms with Crippen molar-refractivity contribution in [3.63, 3.8) is 0 Å². The molecule has 5 heteroatoms. The van der Waals surface area contributed by atoms with Crippen molar-refractivity contribution in [3.05, 3.63) is 29.3 Å². The summed E-state index contributed by atoms with van der Waals surface area (Å²) in [5.74, 6) is 0. The van der Waals surface area contributed by atoms with Gasteiger partial charge in [-0.1, -0.05) is 19.9 Å². The number of benzene rings is 1. The second-order valence-corrected chi connectivity index (χ2v) is 6.13. The molecule has 1 aromatic rings. The highest BCUT2D eigenvalue weighted by Gasteiger charge is 2.14. The Kier molecular flexibility index (Phi) is 6.86. The third-order valence-corrected chi connectivity index (χ3v) is 4.60. The summed E-state index contributed by atoms with van der Waals surface area (Å²) >= 11 is 0. The number of nitrogens with one attached hydrogen (secondary N) is 2. The number of carbonyl (C=O) groups is 1. The third-order valence-electron chi connectivity index (χ3n) is 4.60. The number of amides is 2. The maximum absolute atomic E-state index is 12.1. The number of rotatable bonds is 8. The molecule has 5 nitrogen and oxygen atoms in total. The van der Waals surface area contributed by atoms with E-state index in [4.69, 9.17) is 0 Å². The molecule has 1 aromatic carbocycles. The molecule has 2 rings (SSSR count). The molecule has 0 saturated heterocycles. The first-order valence-electron chi connectivity index (χ1n) is 8.68. The number of urea groups is 1. The first kappa shape index (κ1) is 17.8. The molecule has 1 aliphatic carbocycles. The van der Waals surface area contributed by atoms with Gasteiger partial charge in [0.05, 0.1) is 12.6 Å². The highest BCUT2D eigenvalue weighted by molar-refractivity contribution is 5.89. The zero-order chi connectivity index (χ0) is 16.7. The van der Waals surface area contributed by atoms with E-state index in [1.165, 1.54) is 17.5 Å². The number of aryl methyl sites for hydroxylation is 2. The van der Waals surface area contributed by atoms with Crippen LogP contribution in [0.15, 0.2) is 18.2 Å². The Morgan fingerprint density at radius 1 is 1.26 bits per heavy atom. The molecule has 0 heterocycles. The number of aliphatic hydroxyl groups is 1. The van der Waals surface area contributed by atoms with Gasteiger partial charge in [0.25, 0.3) is 0 Å². The minimum absolute atomic E-state index is 0.0428. The molecule has 0 radical (unpaired) electrons. The molecule has 1 aliphatic rings. The number of aliphatic hydroxyl groups excluding tert-OH is 1. The molecule has 128 valence electrons. The molecule has 2 amide bonds. The fraction of sp³-hybridized carbons (Fsp3) is 0.611. The average Bonchev–Trinajstić information content (AvgIpc) is 3.02. The Bertz CT molecular complexity index is 515. The molecule has 0 saturated carbocycles. The summed E-state index contributed by atoms with van der Waals surface area (Å²) in [6, 6.07) is 5.65. The lowest BCUT2D eigenvalue weighted by atomic mass is 10.1. The van der Waals surface area contributed by atoms with Crippen LogP contribution in [0.4, 0.5) is 10.5 Å². The van der Waals surface area contributed by atoms with E-state index in [-0.39, 0.29) is 18.7 Å². The predicted octanol–water partition coefficient (Wildman–Crippen LogP) is 2.39. The molecule has 3 N–H and O–H groups in total. The minimum atomic E-state index is -0.249. The zero-order valence-electron chi connectivity index (χ0n) is 14.3. The number of carbonyl (C=O) groups excluding carboxylic acids is 1. The van der Waals surface area contributed by atoms with Gasteiger partial charge in [-0.3, -0.25) is 0 Å². The van der Waals surface area contributed by atoms with Crippen LogP contribution >= 0.6 is 0 Å².